The van der Waals surface area contributed by atoms with E-state index in [4.69, 9.17) is 0 Å². The summed E-state index contributed by atoms with van der Waals surface area (Å²) in [5, 5.41) is 10.2. The Balaban J connectivity index is 2.00. The molecule has 2 heterocycles. The maximum atomic E-state index is 9.48. The summed E-state index contributed by atoms with van der Waals surface area (Å²) in [6.45, 7) is 6.81. The number of pyridine rings is 1. The van der Waals surface area contributed by atoms with Gasteiger partial charge >= 0.3 is 0 Å². The predicted molar refractivity (Wildman–Crippen MR) is 102 cm³/mol. The Bertz CT molecular complexity index is 881. The molecule has 3 rings (SSSR count). The van der Waals surface area contributed by atoms with Gasteiger partial charge in [0.05, 0.1) is 17.7 Å². The number of aryl methyl sites for hydroxylation is 1. The third kappa shape index (κ3) is 2.97. The number of fused-ring (bicyclic) bond motifs is 1. The van der Waals surface area contributed by atoms with Crippen molar-refractivity contribution in [1.29, 1.82) is 5.26 Å². The summed E-state index contributed by atoms with van der Waals surface area (Å²) in [4.78, 5) is 11.1. The zero-order valence-electron chi connectivity index (χ0n) is 13.4. The lowest BCUT2D eigenvalue weighted by Gasteiger charge is -2.28. The first-order valence-electron chi connectivity index (χ1n) is 7.28. The van der Waals surface area contributed by atoms with Crippen LogP contribution in [0.15, 0.2) is 45.3 Å². The van der Waals surface area contributed by atoms with Crippen molar-refractivity contribution in [3.63, 3.8) is 0 Å². The van der Waals surface area contributed by atoms with Crippen LogP contribution in [0.3, 0.4) is 0 Å². The highest BCUT2D eigenvalue weighted by Crippen LogP contribution is 2.39. The zero-order valence-corrected chi connectivity index (χ0v) is 15.8. The van der Waals surface area contributed by atoms with Crippen molar-refractivity contribution in [1.82, 2.24) is 9.88 Å². The van der Waals surface area contributed by atoms with Crippen molar-refractivity contribution >= 4 is 45.4 Å². The molecule has 1 aromatic carbocycles. The van der Waals surface area contributed by atoms with Crippen molar-refractivity contribution in [2.75, 3.05) is 6.26 Å². The Morgan fingerprint density at radius 2 is 2.04 bits per heavy atom. The average molecular weight is 399 g/mol. The highest BCUT2D eigenvalue weighted by molar-refractivity contribution is 9.10. The Hall–Kier alpha value is -2.10. The highest BCUT2D eigenvalue weighted by atomic mass is 79.9. The third-order valence-electron chi connectivity index (χ3n) is 3.85. The Labute approximate surface area is 154 Å². The monoisotopic (exact) mass is 398 g/mol. The van der Waals surface area contributed by atoms with Crippen molar-refractivity contribution in [2.24, 2.45) is 4.99 Å². The number of hydrogen-bond acceptors (Lipinski definition) is 5. The molecule has 1 aliphatic heterocycles. The molecule has 6 heteroatoms. The minimum Gasteiger partial charge on any atom is -0.328 e. The van der Waals surface area contributed by atoms with Crippen molar-refractivity contribution in [3.05, 3.63) is 57.7 Å². The molecule has 0 unspecified atom stereocenters. The second-order valence-electron chi connectivity index (χ2n) is 5.36. The number of halogens is 1. The van der Waals surface area contributed by atoms with E-state index < -0.39 is 0 Å². The van der Waals surface area contributed by atoms with Gasteiger partial charge in [-0.2, -0.15) is 5.26 Å². The summed E-state index contributed by atoms with van der Waals surface area (Å²) in [6, 6.07) is 10.4. The maximum Gasteiger partial charge on any atom is 0.116 e. The maximum absolute atomic E-state index is 9.48. The van der Waals surface area contributed by atoms with Crippen LogP contribution in [0, 0.1) is 18.3 Å². The van der Waals surface area contributed by atoms with Crippen LogP contribution in [0.4, 0.5) is 5.69 Å². The van der Waals surface area contributed by atoms with E-state index in [0.717, 1.165) is 27.0 Å². The van der Waals surface area contributed by atoms with Gasteiger partial charge in [-0.1, -0.05) is 34.6 Å². The highest BCUT2D eigenvalue weighted by Gasteiger charge is 2.24. The molecule has 0 bridgehead atoms. The first-order valence-corrected chi connectivity index (χ1v) is 9.30. The molecular weight excluding hydrogens is 384 g/mol. The summed E-state index contributed by atoms with van der Waals surface area (Å²) in [5.74, 6) is 0. The summed E-state index contributed by atoms with van der Waals surface area (Å²) < 4.78 is 1.05. The molecule has 4 nitrogen and oxygen atoms in total. The van der Waals surface area contributed by atoms with Crippen LogP contribution >= 0.6 is 27.7 Å². The molecule has 0 saturated heterocycles. The largest absolute Gasteiger partial charge is 0.328 e. The number of benzene rings is 1. The molecule has 1 aromatic heterocycles. The Morgan fingerprint density at radius 3 is 2.67 bits per heavy atom. The van der Waals surface area contributed by atoms with E-state index in [1.807, 2.05) is 30.2 Å². The van der Waals surface area contributed by atoms with Crippen LogP contribution in [0.1, 0.15) is 22.4 Å². The van der Waals surface area contributed by atoms with Crippen LogP contribution in [0.2, 0.25) is 0 Å². The minimum absolute atomic E-state index is 0.517. The van der Waals surface area contributed by atoms with Gasteiger partial charge in [0.15, 0.2) is 0 Å². The number of aromatic nitrogens is 1. The van der Waals surface area contributed by atoms with Gasteiger partial charge in [0.2, 0.25) is 0 Å². The number of aliphatic imine (C=N–C) groups is 1. The van der Waals surface area contributed by atoms with Crippen LogP contribution in [-0.2, 0) is 6.54 Å². The van der Waals surface area contributed by atoms with Crippen molar-refractivity contribution in [3.8, 4) is 6.07 Å². The first-order chi connectivity index (χ1) is 11.5. The Morgan fingerprint density at radius 1 is 1.33 bits per heavy atom. The van der Waals surface area contributed by atoms with Gasteiger partial charge < -0.3 is 4.90 Å². The van der Waals surface area contributed by atoms with Gasteiger partial charge in [0, 0.05) is 22.3 Å². The number of rotatable bonds is 3. The van der Waals surface area contributed by atoms with Crippen LogP contribution < -0.4 is 0 Å². The molecule has 0 N–H and O–H groups in total. The predicted octanol–water partition coefficient (Wildman–Crippen LogP) is 4.89. The SMILES string of the molecule is C=C1c2c(C)nc(SC)c(C#N)c2N=CN1Cc1ccc(Br)cc1. The van der Waals surface area contributed by atoms with Crippen molar-refractivity contribution < 1.29 is 0 Å². The molecule has 1 aliphatic rings. The zero-order chi connectivity index (χ0) is 17.3. The van der Waals surface area contributed by atoms with E-state index in [-0.39, 0.29) is 0 Å². The lowest BCUT2D eigenvalue weighted by Crippen LogP contribution is -2.23. The smallest absolute Gasteiger partial charge is 0.116 e. The minimum atomic E-state index is 0.517. The number of hydrogen-bond donors (Lipinski definition) is 0. The van der Waals surface area contributed by atoms with E-state index in [0.29, 0.717) is 22.8 Å². The second-order valence-corrected chi connectivity index (χ2v) is 7.07. The first kappa shape index (κ1) is 16.7. The molecule has 2 aromatic rings. The second kappa shape index (κ2) is 6.80. The molecule has 0 aliphatic carbocycles. The standard InChI is InChI=1S/C18H15BrN4S/c1-11-16-12(2)23(9-13-4-6-14(19)7-5-13)10-21-17(16)15(8-20)18(22-11)24-3/h4-7,10H,2,9H2,1,3H3. The van der Waals surface area contributed by atoms with Crippen LogP contribution in [0.25, 0.3) is 5.70 Å². The van der Waals surface area contributed by atoms with Gasteiger partial charge in [-0.3, -0.25) is 0 Å². The van der Waals surface area contributed by atoms with Gasteiger partial charge in [-0.25, -0.2) is 9.98 Å². The average Bonchev–Trinajstić information content (AvgIpc) is 2.58. The quantitative estimate of drug-likeness (QED) is 0.690. The number of thioether (sulfide) groups is 1. The molecule has 0 spiro atoms. The molecular formula is C18H15BrN4S. The lowest BCUT2D eigenvalue weighted by atomic mass is 10.0. The number of nitrogens with zero attached hydrogens (tertiary/aromatic N) is 4. The van der Waals surface area contributed by atoms with E-state index in [9.17, 15) is 5.26 Å². The summed E-state index contributed by atoms with van der Waals surface area (Å²) >= 11 is 4.90. The Kier molecular flexibility index (Phi) is 4.74. The fraction of sp³-hybridized carbons (Fsp3) is 0.167. The fourth-order valence-corrected chi connectivity index (χ4v) is 3.49. The van der Waals surface area contributed by atoms with Gasteiger partial charge in [-0.15, -0.1) is 11.8 Å². The molecule has 120 valence electrons. The topological polar surface area (TPSA) is 52.3 Å². The summed E-state index contributed by atoms with van der Waals surface area (Å²) in [6.07, 6.45) is 3.66. The molecule has 24 heavy (non-hydrogen) atoms. The van der Waals surface area contributed by atoms with E-state index in [2.05, 4.69) is 50.7 Å². The molecule has 0 radical (unpaired) electrons. The van der Waals surface area contributed by atoms with E-state index in [1.54, 1.807) is 6.34 Å². The van der Waals surface area contributed by atoms with Crippen LogP contribution in [0.5, 0.6) is 0 Å². The van der Waals surface area contributed by atoms with E-state index in [1.165, 1.54) is 11.8 Å². The fourth-order valence-electron chi connectivity index (χ4n) is 2.65. The van der Waals surface area contributed by atoms with Gasteiger partial charge in [0.25, 0.3) is 0 Å². The molecule has 0 saturated carbocycles. The molecule has 0 atom stereocenters. The number of nitriles is 1. The van der Waals surface area contributed by atoms with E-state index >= 15 is 0 Å². The molecule has 0 fully saturated rings. The normalized spacial score (nSPS) is 12.9. The third-order valence-corrected chi connectivity index (χ3v) is 5.06. The van der Waals surface area contributed by atoms with Crippen molar-refractivity contribution in [2.45, 2.75) is 18.5 Å². The van der Waals surface area contributed by atoms with Gasteiger partial charge in [0.1, 0.15) is 16.7 Å². The molecule has 0 amide bonds. The van der Waals surface area contributed by atoms with Crippen LogP contribution in [-0.4, -0.2) is 22.5 Å². The summed E-state index contributed by atoms with van der Waals surface area (Å²) in [7, 11) is 0. The lowest BCUT2D eigenvalue weighted by molar-refractivity contribution is 0.589. The summed E-state index contributed by atoms with van der Waals surface area (Å²) in [5.41, 5.74) is 4.85. The van der Waals surface area contributed by atoms with Gasteiger partial charge in [-0.05, 0) is 30.9 Å².